The summed E-state index contributed by atoms with van der Waals surface area (Å²) in [5.41, 5.74) is 2.66. The van der Waals surface area contributed by atoms with Gasteiger partial charge in [-0.05, 0) is 37.3 Å². The van der Waals surface area contributed by atoms with Crippen LogP contribution in [0.5, 0.6) is 0 Å². The zero-order valence-electron chi connectivity index (χ0n) is 13.2. The van der Waals surface area contributed by atoms with Gasteiger partial charge < -0.3 is 9.72 Å². The van der Waals surface area contributed by atoms with Crippen molar-refractivity contribution in [3.8, 4) is 0 Å². The van der Waals surface area contributed by atoms with E-state index in [2.05, 4.69) is 9.97 Å². The Morgan fingerprint density at radius 2 is 1.96 bits per heavy atom. The van der Waals surface area contributed by atoms with Gasteiger partial charge in [-0.2, -0.15) is 0 Å². The number of nitrogens with zero attached hydrogens (tertiary/aromatic N) is 2. The number of carbonyl (C=O) groups is 2. The third-order valence-corrected chi connectivity index (χ3v) is 3.57. The maximum Gasteiger partial charge on any atom is 0.326 e. The van der Waals surface area contributed by atoms with Gasteiger partial charge in [-0.15, -0.1) is 0 Å². The smallest absolute Gasteiger partial charge is 0.326 e. The number of para-hydroxylation sites is 1. The number of benzene rings is 2. The Labute approximate surface area is 139 Å². The first-order valence-corrected chi connectivity index (χ1v) is 7.64. The highest BCUT2D eigenvalue weighted by Gasteiger charge is 2.21. The van der Waals surface area contributed by atoms with Crippen molar-refractivity contribution in [1.82, 2.24) is 9.97 Å². The monoisotopic (exact) mass is 323 g/mol. The molecule has 122 valence electrons. The number of esters is 1. The van der Waals surface area contributed by atoms with E-state index in [4.69, 9.17) is 4.74 Å². The minimum absolute atomic E-state index is 0.141. The highest BCUT2D eigenvalue weighted by atomic mass is 16.5. The van der Waals surface area contributed by atoms with Crippen LogP contribution < -0.4 is 4.90 Å². The van der Waals surface area contributed by atoms with E-state index in [-0.39, 0.29) is 19.1 Å². The van der Waals surface area contributed by atoms with Crippen molar-refractivity contribution in [1.29, 1.82) is 0 Å². The first kappa shape index (κ1) is 15.7. The first-order valence-electron chi connectivity index (χ1n) is 7.64. The average molecular weight is 323 g/mol. The molecule has 0 aliphatic rings. The molecule has 0 spiro atoms. The van der Waals surface area contributed by atoms with Crippen molar-refractivity contribution >= 4 is 28.6 Å². The molecular weight excluding hydrogens is 306 g/mol. The highest BCUT2D eigenvalue weighted by molar-refractivity contribution is 6.09. The standard InChI is InChI=1S/C18H17N3O3/c1-2-24-17(22)11-21(14-6-4-3-5-7-14)18(23)13-8-9-15-16(10-13)20-12-19-15/h3-10,12H,2,11H2,1H3,(H,19,20). The van der Waals surface area contributed by atoms with E-state index in [9.17, 15) is 9.59 Å². The summed E-state index contributed by atoms with van der Waals surface area (Å²) in [7, 11) is 0. The van der Waals surface area contributed by atoms with Crippen LogP contribution in [0.3, 0.4) is 0 Å². The van der Waals surface area contributed by atoms with Crippen molar-refractivity contribution < 1.29 is 14.3 Å². The molecule has 3 aromatic rings. The van der Waals surface area contributed by atoms with Crippen LogP contribution in [0.2, 0.25) is 0 Å². The van der Waals surface area contributed by atoms with Crippen LogP contribution in [0, 0.1) is 0 Å². The molecule has 0 aliphatic carbocycles. The summed E-state index contributed by atoms with van der Waals surface area (Å²) in [5, 5.41) is 0. The summed E-state index contributed by atoms with van der Waals surface area (Å²) < 4.78 is 4.99. The fourth-order valence-electron chi connectivity index (χ4n) is 2.45. The van der Waals surface area contributed by atoms with Gasteiger partial charge in [-0.1, -0.05) is 18.2 Å². The van der Waals surface area contributed by atoms with E-state index in [0.29, 0.717) is 11.3 Å². The van der Waals surface area contributed by atoms with Crippen LogP contribution in [-0.4, -0.2) is 35.0 Å². The molecule has 0 saturated heterocycles. The lowest BCUT2D eigenvalue weighted by Crippen LogP contribution is -2.36. The zero-order chi connectivity index (χ0) is 16.9. The second-order valence-corrected chi connectivity index (χ2v) is 5.17. The van der Waals surface area contributed by atoms with Crippen LogP contribution in [0.4, 0.5) is 5.69 Å². The largest absolute Gasteiger partial charge is 0.465 e. The Bertz CT molecular complexity index is 858. The SMILES string of the molecule is CCOC(=O)CN(C(=O)c1ccc2nc[nH]c2c1)c1ccccc1. The number of anilines is 1. The van der Waals surface area contributed by atoms with E-state index in [1.54, 1.807) is 43.6 Å². The van der Waals surface area contributed by atoms with Crippen molar-refractivity contribution in [3.63, 3.8) is 0 Å². The van der Waals surface area contributed by atoms with Gasteiger partial charge in [0.1, 0.15) is 6.54 Å². The predicted molar refractivity (Wildman–Crippen MR) is 90.8 cm³/mol. The van der Waals surface area contributed by atoms with Crippen LogP contribution in [0.1, 0.15) is 17.3 Å². The molecule has 0 radical (unpaired) electrons. The van der Waals surface area contributed by atoms with Crippen LogP contribution in [-0.2, 0) is 9.53 Å². The van der Waals surface area contributed by atoms with Gasteiger partial charge in [0.05, 0.1) is 24.0 Å². The number of ether oxygens (including phenoxy) is 1. The minimum Gasteiger partial charge on any atom is -0.465 e. The summed E-state index contributed by atoms with van der Waals surface area (Å²) in [6, 6.07) is 14.3. The Hall–Kier alpha value is -3.15. The molecule has 6 heteroatoms. The minimum atomic E-state index is -0.447. The van der Waals surface area contributed by atoms with Gasteiger partial charge in [0.2, 0.25) is 0 Å². The highest BCUT2D eigenvalue weighted by Crippen LogP contribution is 2.19. The van der Waals surface area contributed by atoms with E-state index in [1.807, 2.05) is 18.2 Å². The number of aromatic amines is 1. The first-order chi connectivity index (χ1) is 11.7. The third kappa shape index (κ3) is 3.27. The third-order valence-electron chi connectivity index (χ3n) is 3.57. The number of aromatic nitrogens is 2. The summed E-state index contributed by atoms with van der Waals surface area (Å²) in [5.74, 6) is -0.719. The van der Waals surface area contributed by atoms with Crippen molar-refractivity contribution in [2.45, 2.75) is 6.92 Å². The van der Waals surface area contributed by atoms with E-state index >= 15 is 0 Å². The second kappa shape index (κ2) is 6.95. The van der Waals surface area contributed by atoms with E-state index < -0.39 is 5.97 Å². The molecule has 1 heterocycles. The fourth-order valence-corrected chi connectivity index (χ4v) is 2.45. The van der Waals surface area contributed by atoms with E-state index in [0.717, 1.165) is 11.0 Å². The number of hydrogen-bond acceptors (Lipinski definition) is 4. The molecule has 0 aliphatic heterocycles. The summed E-state index contributed by atoms with van der Waals surface area (Å²) in [4.78, 5) is 33.4. The fraction of sp³-hybridized carbons (Fsp3) is 0.167. The molecule has 2 aromatic carbocycles. The maximum atomic E-state index is 12.9. The number of carbonyl (C=O) groups excluding carboxylic acids is 2. The van der Waals surface area contributed by atoms with Gasteiger partial charge in [-0.25, -0.2) is 4.98 Å². The Morgan fingerprint density at radius 1 is 1.17 bits per heavy atom. The second-order valence-electron chi connectivity index (χ2n) is 5.17. The molecule has 0 atom stereocenters. The Morgan fingerprint density at radius 3 is 2.71 bits per heavy atom. The molecular formula is C18H17N3O3. The van der Waals surface area contributed by atoms with Gasteiger partial charge in [-0.3, -0.25) is 14.5 Å². The van der Waals surface area contributed by atoms with Gasteiger partial charge in [0.15, 0.2) is 0 Å². The molecule has 0 saturated carbocycles. The lowest BCUT2D eigenvalue weighted by atomic mass is 10.1. The molecule has 1 amide bonds. The van der Waals surface area contributed by atoms with E-state index in [1.165, 1.54) is 4.90 Å². The van der Waals surface area contributed by atoms with Gasteiger partial charge >= 0.3 is 5.97 Å². The van der Waals surface area contributed by atoms with Crippen molar-refractivity contribution in [2.75, 3.05) is 18.1 Å². The number of imidazole rings is 1. The van der Waals surface area contributed by atoms with Crippen LogP contribution in [0.15, 0.2) is 54.9 Å². The number of fused-ring (bicyclic) bond motifs is 1. The molecule has 0 fully saturated rings. The quantitative estimate of drug-likeness (QED) is 0.733. The number of nitrogens with one attached hydrogen (secondary N) is 1. The van der Waals surface area contributed by atoms with Gasteiger partial charge in [0, 0.05) is 11.3 Å². The van der Waals surface area contributed by atoms with Gasteiger partial charge in [0.25, 0.3) is 5.91 Å². The lowest BCUT2D eigenvalue weighted by Gasteiger charge is -2.22. The Kier molecular flexibility index (Phi) is 4.56. The maximum absolute atomic E-state index is 12.9. The summed E-state index contributed by atoms with van der Waals surface area (Å²) >= 11 is 0. The molecule has 1 aromatic heterocycles. The Balaban J connectivity index is 1.94. The molecule has 3 rings (SSSR count). The van der Waals surface area contributed by atoms with Crippen LogP contribution >= 0.6 is 0 Å². The van der Waals surface area contributed by atoms with Crippen molar-refractivity contribution in [2.24, 2.45) is 0 Å². The normalized spacial score (nSPS) is 10.5. The summed E-state index contributed by atoms with van der Waals surface area (Å²) in [6.45, 7) is 1.87. The lowest BCUT2D eigenvalue weighted by molar-refractivity contribution is -0.141. The molecule has 0 bridgehead atoms. The summed E-state index contributed by atoms with van der Waals surface area (Å²) in [6.07, 6.45) is 1.58. The molecule has 0 unspecified atom stereocenters. The topological polar surface area (TPSA) is 75.3 Å². The molecule has 24 heavy (non-hydrogen) atoms. The number of hydrogen-bond donors (Lipinski definition) is 1. The number of H-pyrrole nitrogens is 1. The van der Waals surface area contributed by atoms with Crippen LogP contribution in [0.25, 0.3) is 11.0 Å². The molecule has 1 N–H and O–H groups in total. The predicted octanol–water partition coefficient (Wildman–Crippen LogP) is 2.77. The number of rotatable bonds is 5. The average Bonchev–Trinajstić information content (AvgIpc) is 3.08. The zero-order valence-corrected chi connectivity index (χ0v) is 13.2. The van der Waals surface area contributed by atoms with Crippen molar-refractivity contribution in [3.05, 3.63) is 60.4 Å². The molecule has 6 nitrogen and oxygen atoms in total. The number of amides is 1.